The van der Waals surface area contributed by atoms with Gasteiger partial charge >= 0.3 is 0 Å². The highest BCUT2D eigenvalue weighted by Gasteiger charge is 2.12. The van der Waals surface area contributed by atoms with Crippen molar-refractivity contribution in [2.24, 2.45) is 5.10 Å². The van der Waals surface area contributed by atoms with Crippen molar-refractivity contribution < 1.29 is 30.0 Å². The number of hydrogen-bond acceptors (Lipinski definition) is 7. The maximum absolute atomic E-state index is 11.8. The van der Waals surface area contributed by atoms with Crippen LogP contribution >= 0.6 is 0 Å². The van der Waals surface area contributed by atoms with Crippen molar-refractivity contribution in [1.82, 2.24) is 5.43 Å². The number of phenols is 4. The summed E-state index contributed by atoms with van der Waals surface area (Å²) in [4.78, 5) is 11.8. The van der Waals surface area contributed by atoms with Crippen LogP contribution in [0, 0.1) is 0 Å². The molecule has 8 nitrogen and oxygen atoms in total. The zero-order chi connectivity index (χ0) is 17.0. The SMILES string of the molecule is COc1cc(C=NNC(=O)c2cc(O)c(O)c(O)c2)ccc1O. The molecule has 0 heterocycles. The molecule has 5 N–H and O–H groups in total. The van der Waals surface area contributed by atoms with Crippen LogP contribution in [0.3, 0.4) is 0 Å². The predicted molar refractivity (Wildman–Crippen MR) is 81.2 cm³/mol. The van der Waals surface area contributed by atoms with E-state index in [1.165, 1.54) is 25.5 Å². The molecule has 8 heteroatoms. The van der Waals surface area contributed by atoms with E-state index in [4.69, 9.17) is 4.74 Å². The van der Waals surface area contributed by atoms with Crippen molar-refractivity contribution >= 4 is 12.1 Å². The number of nitrogens with zero attached hydrogens (tertiary/aromatic N) is 1. The Hall–Kier alpha value is -3.42. The smallest absolute Gasteiger partial charge is 0.271 e. The molecular formula is C15H14N2O6. The van der Waals surface area contributed by atoms with Gasteiger partial charge in [-0.3, -0.25) is 4.79 Å². The van der Waals surface area contributed by atoms with Gasteiger partial charge < -0.3 is 25.2 Å². The molecule has 0 radical (unpaired) electrons. The van der Waals surface area contributed by atoms with E-state index in [1.54, 1.807) is 6.07 Å². The van der Waals surface area contributed by atoms with Crippen LogP contribution in [-0.2, 0) is 0 Å². The first-order chi connectivity index (χ1) is 10.9. The summed E-state index contributed by atoms with van der Waals surface area (Å²) >= 11 is 0. The third-order valence-electron chi connectivity index (χ3n) is 2.92. The molecule has 0 unspecified atom stereocenters. The first-order valence-corrected chi connectivity index (χ1v) is 6.37. The van der Waals surface area contributed by atoms with E-state index >= 15 is 0 Å². The van der Waals surface area contributed by atoms with Gasteiger partial charge in [0.05, 0.1) is 13.3 Å². The van der Waals surface area contributed by atoms with Crippen LogP contribution in [0.2, 0.25) is 0 Å². The highest BCUT2D eigenvalue weighted by atomic mass is 16.5. The molecule has 0 aromatic heterocycles. The van der Waals surface area contributed by atoms with Crippen LogP contribution in [0.5, 0.6) is 28.7 Å². The summed E-state index contributed by atoms with van der Waals surface area (Å²) in [7, 11) is 1.40. The van der Waals surface area contributed by atoms with Gasteiger partial charge in [-0.25, -0.2) is 5.43 Å². The molecule has 0 fully saturated rings. The first kappa shape index (κ1) is 16.0. The van der Waals surface area contributed by atoms with E-state index in [-0.39, 0.29) is 17.1 Å². The Morgan fingerprint density at radius 2 is 1.74 bits per heavy atom. The largest absolute Gasteiger partial charge is 0.504 e. The highest BCUT2D eigenvalue weighted by molar-refractivity contribution is 5.96. The van der Waals surface area contributed by atoms with E-state index < -0.39 is 23.2 Å². The van der Waals surface area contributed by atoms with Crippen LogP contribution in [0.15, 0.2) is 35.4 Å². The van der Waals surface area contributed by atoms with E-state index in [1.807, 2.05) is 0 Å². The average Bonchev–Trinajstić information content (AvgIpc) is 2.53. The molecule has 0 bridgehead atoms. The molecule has 2 aromatic carbocycles. The summed E-state index contributed by atoms with van der Waals surface area (Å²) in [6.07, 6.45) is 1.32. The quantitative estimate of drug-likeness (QED) is 0.328. The number of aromatic hydroxyl groups is 4. The minimum absolute atomic E-state index is 0.0243. The Labute approximate surface area is 130 Å². The molecule has 2 aromatic rings. The second-order valence-corrected chi connectivity index (χ2v) is 4.49. The summed E-state index contributed by atoms with van der Waals surface area (Å²) in [5.41, 5.74) is 2.68. The van der Waals surface area contributed by atoms with Gasteiger partial charge in [0.25, 0.3) is 5.91 Å². The minimum Gasteiger partial charge on any atom is -0.504 e. The molecule has 2 rings (SSSR count). The van der Waals surface area contributed by atoms with Gasteiger partial charge in [-0.15, -0.1) is 0 Å². The average molecular weight is 318 g/mol. The normalized spacial score (nSPS) is 10.7. The topological polar surface area (TPSA) is 132 Å². The summed E-state index contributed by atoms with van der Waals surface area (Å²) < 4.78 is 4.94. The highest BCUT2D eigenvalue weighted by Crippen LogP contribution is 2.35. The Morgan fingerprint density at radius 1 is 1.09 bits per heavy atom. The zero-order valence-corrected chi connectivity index (χ0v) is 12.0. The lowest BCUT2D eigenvalue weighted by atomic mass is 10.2. The van der Waals surface area contributed by atoms with Crippen molar-refractivity contribution in [3.63, 3.8) is 0 Å². The van der Waals surface area contributed by atoms with Crippen LogP contribution in [0.25, 0.3) is 0 Å². The van der Waals surface area contributed by atoms with Crippen LogP contribution < -0.4 is 10.2 Å². The van der Waals surface area contributed by atoms with Gasteiger partial charge in [-0.1, -0.05) is 0 Å². The number of amides is 1. The molecule has 0 aliphatic carbocycles. The fraction of sp³-hybridized carbons (Fsp3) is 0.0667. The summed E-state index contributed by atoms with van der Waals surface area (Å²) in [5, 5.41) is 41.1. The van der Waals surface area contributed by atoms with Crippen LogP contribution in [0.1, 0.15) is 15.9 Å². The lowest BCUT2D eigenvalue weighted by Crippen LogP contribution is -2.17. The Morgan fingerprint density at radius 3 is 2.35 bits per heavy atom. The second kappa shape index (κ2) is 6.56. The van der Waals surface area contributed by atoms with Crippen molar-refractivity contribution in [1.29, 1.82) is 0 Å². The summed E-state index contributed by atoms with van der Waals surface area (Å²) in [5.74, 6) is -2.42. The monoisotopic (exact) mass is 318 g/mol. The number of benzene rings is 2. The Bertz CT molecular complexity index is 750. The molecule has 0 saturated carbocycles. The maximum atomic E-state index is 11.8. The molecule has 120 valence electrons. The summed E-state index contributed by atoms with van der Waals surface area (Å²) in [6.45, 7) is 0. The van der Waals surface area contributed by atoms with Crippen LogP contribution in [0.4, 0.5) is 0 Å². The molecule has 0 aliphatic heterocycles. The second-order valence-electron chi connectivity index (χ2n) is 4.49. The number of carbonyl (C=O) groups is 1. The van der Waals surface area contributed by atoms with Crippen molar-refractivity contribution in [2.75, 3.05) is 7.11 Å². The van der Waals surface area contributed by atoms with E-state index in [0.717, 1.165) is 12.1 Å². The lowest BCUT2D eigenvalue weighted by molar-refractivity contribution is 0.0954. The molecule has 23 heavy (non-hydrogen) atoms. The third-order valence-corrected chi connectivity index (χ3v) is 2.92. The Kier molecular flexibility index (Phi) is 4.55. The van der Waals surface area contributed by atoms with Gasteiger partial charge in [0.1, 0.15) is 0 Å². The zero-order valence-electron chi connectivity index (χ0n) is 12.0. The van der Waals surface area contributed by atoms with Gasteiger partial charge in [0.2, 0.25) is 0 Å². The Balaban J connectivity index is 2.10. The van der Waals surface area contributed by atoms with E-state index in [0.29, 0.717) is 5.56 Å². The molecule has 1 amide bonds. The number of hydrogen-bond donors (Lipinski definition) is 5. The first-order valence-electron chi connectivity index (χ1n) is 6.37. The molecular weight excluding hydrogens is 304 g/mol. The standard InChI is InChI=1S/C15H14N2O6/c1-23-13-4-8(2-3-10(13)18)7-16-17-15(22)9-5-11(19)14(21)12(20)6-9/h2-7,18-21H,1H3,(H,17,22). The molecule has 0 saturated heterocycles. The number of hydrazone groups is 1. The number of rotatable bonds is 4. The van der Waals surface area contributed by atoms with Crippen molar-refractivity contribution in [2.45, 2.75) is 0 Å². The molecule has 0 spiro atoms. The molecule has 0 aliphatic rings. The maximum Gasteiger partial charge on any atom is 0.271 e. The number of phenolic OH excluding ortho intramolecular Hbond substituents is 4. The third kappa shape index (κ3) is 3.62. The minimum atomic E-state index is -0.707. The molecule has 0 atom stereocenters. The lowest BCUT2D eigenvalue weighted by Gasteiger charge is -2.05. The number of nitrogens with one attached hydrogen (secondary N) is 1. The van der Waals surface area contributed by atoms with E-state index in [2.05, 4.69) is 10.5 Å². The fourth-order valence-electron chi connectivity index (χ4n) is 1.74. The van der Waals surface area contributed by atoms with Crippen LogP contribution in [-0.4, -0.2) is 39.7 Å². The number of ether oxygens (including phenoxy) is 1. The van der Waals surface area contributed by atoms with Crippen molar-refractivity contribution in [3.8, 4) is 28.7 Å². The van der Waals surface area contributed by atoms with E-state index in [9.17, 15) is 25.2 Å². The summed E-state index contributed by atoms with van der Waals surface area (Å²) in [6, 6.07) is 6.47. The van der Waals surface area contributed by atoms with Gasteiger partial charge in [-0.2, -0.15) is 5.10 Å². The predicted octanol–water partition coefficient (Wildman–Crippen LogP) is 1.28. The van der Waals surface area contributed by atoms with Gasteiger partial charge in [0.15, 0.2) is 28.7 Å². The number of methoxy groups -OCH3 is 1. The fourth-order valence-corrected chi connectivity index (χ4v) is 1.74. The van der Waals surface area contributed by atoms with Gasteiger partial charge in [-0.05, 0) is 35.9 Å². The van der Waals surface area contributed by atoms with Gasteiger partial charge in [0, 0.05) is 5.56 Å². The van der Waals surface area contributed by atoms with Crippen molar-refractivity contribution in [3.05, 3.63) is 41.5 Å². The number of carbonyl (C=O) groups excluding carboxylic acids is 1.